The van der Waals surface area contributed by atoms with Crippen molar-refractivity contribution in [3.8, 4) is 5.75 Å². The first-order valence-electron chi connectivity index (χ1n) is 5.38. The second-order valence-corrected chi connectivity index (χ2v) is 4.35. The lowest BCUT2D eigenvalue weighted by molar-refractivity contribution is 0.306. The van der Waals surface area contributed by atoms with Gasteiger partial charge in [0.05, 0.1) is 0 Å². The summed E-state index contributed by atoms with van der Waals surface area (Å²) in [6.45, 7) is 2.46. The molecule has 0 atom stereocenters. The van der Waals surface area contributed by atoms with E-state index < -0.39 is 0 Å². The molecule has 0 fully saturated rings. The van der Waals surface area contributed by atoms with Crippen LogP contribution in [0.3, 0.4) is 0 Å². The van der Waals surface area contributed by atoms with Crippen LogP contribution in [0, 0.1) is 6.92 Å². The van der Waals surface area contributed by atoms with Crippen LogP contribution >= 0.6 is 11.6 Å². The van der Waals surface area contributed by atoms with E-state index in [0.29, 0.717) is 6.61 Å². The molecular formula is C14H14ClNO. The maximum absolute atomic E-state index is 5.95. The highest BCUT2D eigenvalue weighted by atomic mass is 35.5. The van der Waals surface area contributed by atoms with Gasteiger partial charge in [-0.3, -0.25) is 0 Å². The van der Waals surface area contributed by atoms with Crippen LogP contribution in [0.2, 0.25) is 5.02 Å². The number of nitrogens with two attached hydrogens (primary N) is 1. The molecule has 2 aromatic carbocycles. The van der Waals surface area contributed by atoms with E-state index in [0.717, 1.165) is 27.6 Å². The van der Waals surface area contributed by atoms with Crippen LogP contribution in [0.1, 0.15) is 11.1 Å². The van der Waals surface area contributed by atoms with Crippen molar-refractivity contribution in [3.05, 3.63) is 58.6 Å². The Kier molecular flexibility index (Phi) is 3.55. The molecule has 17 heavy (non-hydrogen) atoms. The quantitative estimate of drug-likeness (QED) is 0.837. The van der Waals surface area contributed by atoms with Gasteiger partial charge in [-0.1, -0.05) is 23.7 Å². The van der Waals surface area contributed by atoms with Crippen LogP contribution in [-0.4, -0.2) is 0 Å². The zero-order chi connectivity index (χ0) is 12.3. The Morgan fingerprint density at radius 2 is 2.00 bits per heavy atom. The number of aryl methyl sites for hydroxylation is 1. The van der Waals surface area contributed by atoms with Crippen molar-refractivity contribution in [1.82, 2.24) is 0 Å². The van der Waals surface area contributed by atoms with Gasteiger partial charge in [-0.15, -0.1) is 0 Å². The zero-order valence-corrected chi connectivity index (χ0v) is 10.4. The molecule has 88 valence electrons. The molecule has 0 saturated heterocycles. The third kappa shape index (κ3) is 3.14. The van der Waals surface area contributed by atoms with Crippen LogP contribution in [0.5, 0.6) is 5.75 Å². The van der Waals surface area contributed by atoms with Gasteiger partial charge in [-0.05, 0) is 48.4 Å². The van der Waals surface area contributed by atoms with E-state index in [1.54, 1.807) is 0 Å². The summed E-state index contributed by atoms with van der Waals surface area (Å²) in [7, 11) is 0. The minimum absolute atomic E-state index is 0.506. The average molecular weight is 248 g/mol. The summed E-state index contributed by atoms with van der Waals surface area (Å²) in [5.74, 6) is 0.814. The van der Waals surface area contributed by atoms with Crippen molar-refractivity contribution >= 4 is 17.3 Å². The first-order chi connectivity index (χ1) is 8.15. The SMILES string of the molecule is Cc1cc(OCc2cccc(N)c2)ccc1Cl. The third-order valence-electron chi connectivity index (χ3n) is 2.49. The first-order valence-corrected chi connectivity index (χ1v) is 5.76. The molecule has 2 rings (SSSR count). The number of benzene rings is 2. The summed E-state index contributed by atoms with van der Waals surface area (Å²) in [6, 6.07) is 13.3. The topological polar surface area (TPSA) is 35.2 Å². The first kappa shape index (κ1) is 11.8. The molecule has 0 heterocycles. The highest BCUT2D eigenvalue weighted by molar-refractivity contribution is 6.31. The van der Waals surface area contributed by atoms with Crippen molar-refractivity contribution in [3.63, 3.8) is 0 Å². The van der Waals surface area contributed by atoms with Gasteiger partial charge in [0.25, 0.3) is 0 Å². The Morgan fingerprint density at radius 3 is 2.71 bits per heavy atom. The fraction of sp³-hybridized carbons (Fsp3) is 0.143. The second-order valence-electron chi connectivity index (χ2n) is 3.94. The van der Waals surface area contributed by atoms with Crippen LogP contribution in [0.15, 0.2) is 42.5 Å². The molecule has 3 heteroatoms. The molecule has 0 spiro atoms. The van der Waals surface area contributed by atoms with Gasteiger partial charge >= 0.3 is 0 Å². The van der Waals surface area contributed by atoms with Crippen molar-refractivity contribution in [1.29, 1.82) is 0 Å². The van der Waals surface area contributed by atoms with E-state index in [4.69, 9.17) is 22.1 Å². The van der Waals surface area contributed by atoms with Crippen molar-refractivity contribution in [2.45, 2.75) is 13.5 Å². The van der Waals surface area contributed by atoms with Gasteiger partial charge in [0.15, 0.2) is 0 Å². The fourth-order valence-electron chi connectivity index (χ4n) is 1.56. The zero-order valence-electron chi connectivity index (χ0n) is 9.61. The number of ether oxygens (including phenoxy) is 1. The summed E-state index contributed by atoms with van der Waals surface area (Å²) in [5, 5.41) is 0.751. The normalized spacial score (nSPS) is 10.2. The number of anilines is 1. The molecule has 2 aromatic rings. The summed E-state index contributed by atoms with van der Waals surface area (Å²) < 4.78 is 5.67. The Balaban J connectivity index is 2.05. The van der Waals surface area contributed by atoms with E-state index in [2.05, 4.69) is 0 Å². The predicted octanol–water partition coefficient (Wildman–Crippen LogP) is 3.81. The third-order valence-corrected chi connectivity index (χ3v) is 2.91. The molecule has 2 N–H and O–H groups in total. The second kappa shape index (κ2) is 5.11. The number of halogens is 1. The molecule has 0 aliphatic rings. The Hall–Kier alpha value is -1.67. The van der Waals surface area contributed by atoms with Crippen LogP contribution in [-0.2, 0) is 6.61 Å². The highest BCUT2D eigenvalue weighted by Gasteiger charge is 1.99. The fourth-order valence-corrected chi connectivity index (χ4v) is 1.67. The summed E-state index contributed by atoms with van der Waals surface area (Å²) >= 11 is 5.95. The lowest BCUT2D eigenvalue weighted by Gasteiger charge is -2.08. The minimum atomic E-state index is 0.506. The molecule has 0 radical (unpaired) electrons. The van der Waals surface area contributed by atoms with Crippen LogP contribution < -0.4 is 10.5 Å². The molecule has 0 saturated carbocycles. The van der Waals surface area contributed by atoms with Crippen molar-refractivity contribution < 1.29 is 4.74 Å². The average Bonchev–Trinajstić information content (AvgIpc) is 2.31. The molecule has 0 aliphatic carbocycles. The van der Waals surface area contributed by atoms with E-state index >= 15 is 0 Å². The maximum atomic E-state index is 5.95. The van der Waals surface area contributed by atoms with Gasteiger partial charge in [-0.25, -0.2) is 0 Å². The molecular weight excluding hydrogens is 234 g/mol. The molecule has 2 nitrogen and oxygen atoms in total. The number of rotatable bonds is 3. The van der Waals surface area contributed by atoms with Crippen LogP contribution in [0.4, 0.5) is 5.69 Å². The Bertz CT molecular complexity index is 525. The minimum Gasteiger partial charge on any atom is -0.489 e. The molecule has 0 unspecified atom stereocenters. The van der Waals surface area contributed by atoms with Crippen molar-refractivity contribution in [2.24, 2.45) is 0 Å². The Labute approximate surface area is 106 Å². The monoisotopic (exact) mass is 247 g/mol. The van der Waals surface area contributed by atoms with Gasteiger partial charge < -0.3 is 10.5 Å². The molecule has 0 bridgehead atoms. The number of nitrogen functional groups attached to an aromatic ring is 1. The van der Waals surface area contributed by atoms with Crippen molar-refractivity contribution in [2.75, 3.05) is 5.73 Å². The smallest absolute Gasteiger partial charge is 0.120 e. The van der Waals surface area contributed by atoms with Gasteiger partial charge in [-0.2, -0.15) is 0 Å². The molecule has 0 aromatic heterocycles. The number of hydrogen-bond donors (Lipinski definition) is 1. The lowest BCUT2D eigenvalue weighted by atomic mass is 10.2. The summed E-state index contributed by atoms with van der Waals surface area (Å²) in [5.41, 5.74) is 8.51. The van der Waals surface area contributed by atoms with E-state index in [1.807, 2.05) is 49.4 Å². The van der Waals surface area contributed by atoms with Gasteiger partial charge in [0.2, 0.25) is 0 Å². The molecule has 0 aliphatic heterocycles. The van der Waals surface area contributed by atoms with E-state index in [1.165, 1.54) is 0 Å². The van der Waals surface area contributed by atoms with E-state index in [9.17, 15) is 0 Å². The lowest BCUT2D eigenvalue weighted by Crippen LogP contribution is -1.96. The highest BCUT2D eigenvalue weighted by Crippen LogP contribution is 2.22. The molecule has 0 amide bonds. The van der Waals surface area contributed by atoms with Gasteiger partial charge in [0, 0.05) is 10.7 Å². The summed E-state index contributed by atoms with van der Waals surface area (Å²) in [6.07, 6.45) is 0. The Morgan fingerprint density at radius 1 is 1.18 bits per heavy atom. The predicted molar refractivity (Wildman–Crippen MR) is 71.4 cm³/mol. The number of hydrogen-bond acceptors (Lipinski definition) is 2. The summed E-state index contributed by atoms with van der Waals surface area (Å²) in [4.78, 5) is 0. The largest absolute Gasteiger partial charge is 0.489 e. The maximum Gasteiger partial charge on any atom is 0.120 e. The van der Waals surface area contributed by atoms with Crippen LogP contribution in [0.25, 0.3) is 0 Å². The van der Waals surface area contributed by atoms with E-state index in [-0.39, 0.29) is 0 Å². The standard InChI is InChI=1S/C14H14ClNO/c1-10-7-13(5-6-14(10)15)17-9-11-3-2-4-12(16)8-11/h2-8H,9,16H2,1H3. The van der Waals surface area contributed by atoms with Gasteiger partial charge in [0.1, 0.15) is 12.4 Å².